The zero-order valence-corrected chi connectivity index (χ0v) is 25.8. The maximum absolute atomic E-state index is 12.1. The topological polar surface area (TPSA) is 142 Å². The van der Waals surface area contributed by atoms with Crippen LogP contribution in [0.2, 0.25) is 0 Å². The molecule has 2 aliphatic heterocycles. The van der Waals surface area contributed by atoms with Crippen LogP contribution in [-0.2, 0) is 29.6 Å². The zero-order valence-electron chi connectivity index (χ0n) is 22.6. The van der Waals surface area contributed by atoms with Crippen LogP contribution in [0.1, 0.15) is 39.5 Å². The summed E-state index contributed by atoms with van der Waals surface area (Å²) in [6.07, 6.45) is 3.74. The van der Waals surface area contributed by atoms with E-state index in [9.17, 15) is 26.4 Å². The molecule has 0 aliphatic carbocycles. The first kappa shape index (κ1) is 32.9. The number of amides is 2. The number of nitrogens with one attached hydrogen (secondary N) is 3. The molecule has 2 heterocycles. The van der Waals surface area contributed by atoms with Crippen LogP contribution in [0.15, 0.2) is 62.8 Å². The minimum Gasteiger partial charge on any atom is -0.356 e. The largest absolute Gasteiger partial charge is 0.356 e. The van der Waals surface area contributed by atoms with Crippen LogP contribution in [0, 0.1) is 11.8 Å². The van der Waals surface area contributed by atoms with Gasteiger partial charge in [-0.25, -0.2) is 26.3 Å². The molecule has 0 saturated carbocycles. The molecule has 0 aromatic heterocycles. The second-order valence-corrected chi connectivity index (χ2v) is 13.6. The molecule has 13 heteroatoms. The van der Waals surface area contributed by atoms with E-state index >= 15 is 0 Å². The van der Waals surface area contributed by atoms with Gasteiger partial charge >= 0.3 is 0 Å². The molecule has 2 aromatic carbocycles. The van der Waals surface area contributed by atoms with Gasteiger partial charge in [0.15, 0.2) is 0 Å². The number of rotatable bonds is 7. The van der Waals surface area contributed by atoms with Gasteiger partial charge in [-0.3, -0.25) is 9.59 Å². The number of hydrogen-bond acceptors (Lipinski definition) is 6. The molecule has 0 radical (unpaired) electrons. The van der Waals surface area contributed by atoms with E-state index in [2.05, 4.69) is 37.6 Å². The number of anilines is 1. The monoisotopic (exact) mass is 644 g/mol. The zero-order chi connectivity index (χ0) is 29.2. The van der Waals surface area contributed by atoms with Crippen molar-refractivity contribution in [2.45, 2.75) is 49.3 Å². The first-order valence-corrected chi connectivity index (χ1v) is 16.5. The first-order valence-electron chi connectivity index (χ1n) is 12.7. The maximum atomic E-state index is 12.1. The highest BCUT2D eigenvalue weighted by molar-refractivity contribution is 9.10. The number of carbonyl (C=O) groups is 2. The predicted octanol–water partition coefficient (Wildman–Crippen LogP) is 3.25. The van der Waals surface area contributed by atoms with Gasteiger partial charge in [0.05, 0.1) is 9.79 Å². The number of carbonyl (C=O) groups excluding carboxylic acids is 2. The van der Waals surface area contributed by atoms with E-state index in [0.717, 1.165) is 42.4 Å². The Labute approximate surface area is 240 Å². The number of benzene rings is 2. The molecular weight excluding hydrogens is 608 g/mol. The van der Waals surface area contributed by atoms with Gasteiger partial charge in [0, 0.05) is 35.1 Å². The van der Waals surface area contributed by atoms with Gasteiger partial charge in [-0.2, -0.15) is 0 Å². The van der Waals surface area contributed by atoms with Gasteiger partial charge < -0.3 is 10.2 Å². The lowest BCUT2D eigenvalue weighted by atomic mass is 10.1. The highest BCUT2D eigenvalue weighted by atomic mass is 79.9. The molecule has 0 bridgehead atoms. The van der Waals surface area contributed by atoms with Crippen molar-refractivity contribution in [3.63, 3.8) is 0 Å². The Morgan fingerprint density at radius 3 is 1.67 bits per heavy atom. The lowest BCUT2D eigenvalue weighted by Gasteiger charge is -2.17. The van der Waals surface area contributed by atoms with Gasteiger partial charge in [0.2, 0.25) is 31.9 Å². The van der Waals surface area contributed by atoms with E-state index < -0.39 is 20.0 Å². The molecule has 2 unspecified atom stereocenters. The van der Waals surface area contributed by atoms with Crippen LogP contribution in [0.4, 0.5) is 5.69 Å². The number of sulfonamides is 2. The summed E-state index contributed by atoms with van der Waals surface area (Å²) in [5.41, 5.74) is 0.760. The molecular formula is C26H37BrN4O6S2. The van der Waals surface area contributed by atoms with E-state index in [1.54, 1.807) is 29.2 Å². The lowest BCUT2D eigenvalue weighted by molar-refractivity contribution is -0.122. The standard InChI is InChI=1S/C13H18N2O3S.C7H8BrNO2S.C6H11NO/c1-3-10-8-9-15(13(10)16)11-4-6-12(7-5-11)19(17,18)14-2;1-9-12(10,11)7-4-2-6(8)3-5-7;1-2-5-3-4-7-6(5)8/h4-7,10,14H,3,8-9H2,1-2H3;2-5,9H,1H3;5H,2-4H2,1H3,(H,7,8). The van der Waals surface area contributed by atoms with Crippen LogP contribution < -0.4 is 19.7 Å². The van der Waals surface area contributed by atoms with Crippen molar-refractivity contribution < 1.29 is 26.4 Å². The van der Waals surface area contributed by atoms with Crippen LogP contribution in [0.3, 0.4) is 0 Å². The molecule has 216 valence electrons. The minimum absolute atomic E-state index is 0.0979. The molecule has 3 N–H and O–H groups in total. The lowest BCUT2D eigenvalue weighted by Crippen LogP contribution is -2.26. The molecule has 2 aromatic rings. The van der Waals surface area contributed by atoms with Crippen molar-refractivity contribution in [3.8, 4) is 0 Å². The number of nitrogens with zero attached hydrogens (tertiary/aromatic N) is 1. The van der Waals surface area contributed by atoms with E-state index in [0.29, 0.717) is 12.5 Å². The first-order chi connectivity index (χ1) is 18.4. The van der Waals surface area contributed by atoms with Crippen molar-refractivity contribution in [1.29, 1.82) is 0 Å². The highest BCUT2D eigenvalue weighted by Gasteiger charge is 2.31. The summed E-state index contributed by atoms with van der Waals surface area (Å²) >= 11 is 3.22. The fourth-order valence-electron chi connectivity index (χ4n) is 4.06. The third-order valence-electron chi connectivity index (χ3n) is 6.58. The number of halogens is 1. The summed E-state index contributed by atoms with van der Waals surface area (Å²) in [6, 6.07) is 12.8. The molecule has 4 rings (SSSR count). The molecule has 2 aliphatic rings. The molecule has 10 nitrogen and oxygen atoms in total. The SMILES string of the molecule is CCC1CCN(c2ccc(S(=O)(=O)NC)cc2)C1=O.CCC1CCNC1=O.CNS(=O)(=O)c1ccc(Br)cc1. The van der Waals surface area contributed by atoms with Gasteiger partial charge in [0.1, 0.15) is 0 Å². The van der Waals surface area contributed by atoms with Gasteiger partial charge in [-0.1, -0.05) is 29.8 Å². The Morgan fingerprint density at radius 1 is 0.821 bits per heavy atom. The third-order valence-corrected chi connectivity index (χ3v) is 9.97. The van der Waals surface area contributed by atoms with Crippen molar-refractivity contribution in [1.82, 2.24) is 14.8 Å². The summed E-state index contributed by atoms with van der Waals surface area (Å²) < 4.78 is 50.9. The maximum Gasteiger partial charge on any atom is 0.240 e. The van der Waals surface area contributed by atoms with Crippen molar-refractivity contribution >= 4 is 53.5 Å². The quantitative estimate of drug-likeness (QED) is 0.422. The van der Waals surface area contributed by atoms with Crippen molar-refractivity contribution in [3.05, 3.63) is 53.0 Å². The van der Waals surface area contributed by atoms with Crippen LogP contribution in [0.25, 0.3) is 0 Å². The summed E-state index contributed by atoms with van der Waals surface area (Å²) in [6.45, 7) is 5.65. The Hall–Kier alpha value is -2.32. The molecule has 0 spiro atoms. The highest BCUT2D eigenvalue weighted by Crippen LogP contribution is 2.27. The average Bonchev–Trinajstić information content (AvgIpc) is 3.53. The molecule has 2 atom stereocenters. The second-order valence-electron chi connectivity index (χ2n) is 8.93. The van der Waals surface area contributed by atoms with Crippen LogP contribution >= 0.6 is 15.9 Å². The van der Waals surface area contributed by atoms with Gasteiger partial charge in [0.25, 0.3) is 0 Å². The van der Waals surface area contributed by atoms with Crippen molar-refractivity contribution in [2.24, 2.45) is 11.8 Å². The summed E-state index contributed by atoms with van der Waals surface area (Å²) in [5.74, 6) is 0.787. The van der Waals surface area contributed by atoms with Gasteiger partial charge in [-0.05, 0) is 88.3 Å². The Balaban J connectivity index is 0.000000227. The summed E-state index contributed by atoms with van der Waals surface area (Å²) in [4.78, 5) is 25.0. The smallest absolute Gasteiger partial charge is 0.240 e. The third kappa shape index (κ3) is 9.10. The van der Waals surface area contributed by atoms with Crippen molar-refractivity contribution in [2.75, 3.05) is 32.1 Å². The predicted molar refractivity (Wildman–Crippen MR) is 155 cm³/mol. The average molecular weight is 646 g/mol. The second kappa shape index (κ2) is 14.9. The molecule has 2 fully saturated rings. The summed E-state index contributed by atoms with van der Waals surface area (Å²) in [7, 11) is -3.95. The van der Waals surface area contributed by atoms with E-state index in [-0.39, 0.29) is 27.5 Å². The number of hydrogen-bond donors (Lipinski definition) is 3. The normalized spacial score (nSPS) is 19.1. The molecule has 2 saturated heterocycles. The van der Waals surface area contributed by atoms with Gasteiger partial charge in [-0.15, -0.1) is 0 Å². The fourth-order valence-corrected chi connectivity index (χ4v) is 5.79. The molecule has 39 heavy (non-hydrogen) atoms. The Kier molecular flexibility index (Phi) is 12.6. The minimum atomic E-state index is -3.42. The van der Waals surface area contributed by atoms with E-state index in [4.69, 9.17) is 0 Å². The molecule has 2 amide bonds. The summed E-state index contributed by atoms with van der Waals surface area (Å²) in [5, 5.41) is 2.78. The Bertz CT molecular complexity index is 1320. The van der Waals surface area contributed by atoms with E-state index in [1.165, 1.54) is 38.4 Å². The fraction of sp³-hybridized carbons (Fsp3) is 0.462. The van der Waals surface area contributed by atoms with Crippen LogP contribution in [-0.4, -0.2) is 55.8 Å². The van der Waals surface area contributed by atoms with E-state index in [1.807, 2.05) is 6.92 Å². The Morgan fingerprint density at radius 2 is 1.31 bits per heavy atom. The van der Waals surface area contributed by atoms with Crippen LogP contribution in [0.5, 0.6) is 0 Å².